The van der Waals surface area contributed by atoms with Crippen LogP contribution in [-0.4, -0.2) is 76.2 Å². The Kier molecular flexibility index (Phi) is 10.2. The maximum Gasteiger partial charge on any atom is 0.373 e. The fourth-order valence-corrected chi connectivity index (χ4v) is 2.11. The molecule has 138 valence electrons. The number of carbonyl (C=O) groups is 4. The van der Waals surface area contributed by atoms with Crippen molar-refractivity contribution in [2.45, 2.75) is 26.4 Å². The van der Waals surface area contributed by atoms with E-state index in [1.54, 1.807) is 0 Å². The number of aliphatic hydroxyl groups is 2. The Labute approximate surface area is 144 Å². The third-order valence-electron chi connectivity index (χ3n) is 3.09. The van der Waals surface area contributed by atoms with Crippen molar-refractivity contribution in [3.63, 3.8) is 0 Å². The first kappa shape index (κ1) is 22.4. The molecule has 0 aliphatic heterocycles. The van der Waals surface area contributed by atoms with Crippen molar-refractivity contribution >= 4 is 35.3 Å². The summed E-state index contributed by atoms with van der Waals surface area (Å²) in [5, 5.41) is 32.2. The van der Waals surface area contributed by atoms with Gasteiger partial charge in [0.2, 0.25) is 17.6 Å². The number of amides is 2. The molecule has 0 radical (unpaired) electrons. The van der Waals surface area contributed by atoms with E-state index in [9.17, 15) is 24.3 Å². The summed E-state index contributed by atoms with van der Waals surface area (Å²) in [5.74, 6) is -3.12. The number of nitrogens with one attached hydrogen (secondary N) is 2. The van der Waals surface area contributed by atoms with E-state index in [1.807, 2.05) is 0 Å². The Bertz CT molecular complexity index is 468. The Hall–Kier alpha value is -1.65. The van der Waals surface area contributed by atoms with Crippen LogP contribution in [0.1, 0.15) is 20.3 Å². The summed E-state index contributed by atoms with van der Waals surface area (Å²) in [7, 11) is 0. The van der Waals surface area contributed by atoms with Crippen molar-refractivity contribution in [2.24, 2.45) is 5.41 Å². The van der Waals surface area contributed by atoms with Crippen molar-refractivity contribution in [1.82, 2.24) is 10.6 Å². The number of hydrogen-bond donors (Lipinski definition) is 5. The molecule has 10 heteroatoms. The van der Waals surface area contributed by atoms with Gasteiger partial charge in [-0.2, -0.15) is 11.8 Å². The number of carboxylic acid groups (broad SMARTS) is 1. The SMILES string of the molecule is CC(C)(CO)[C@@H](O)C(=O)NCCC(=O)NCCSCC(=O)C(=O)O. The quantitative estimate of drug-likeness (QED) is 0.204. The lowest BCUT2D eigenvalue weighted by molar-refractivity contribution is -0.147. The Morgan fingerprint density at radius 3 is 2.29 bits per heavy atom. The highest BCUT2D eigenvalue weighted by Gasteiger charge is 2.32. The third kappa shape index (κ3) is 8.85. The molecule has 2 amide bonds. The fourth-order valence-electron chi connectivity index (χ4n) is 1.41. The maximum atomic E-state index is 11.7. The van der Waals surface area contributed by atoms with Gasteiger partial charge in [-0.05, 0) is 0 Å². The average Bonchev–Trinajstić information content (AvgIpc) is 2.53. The molecule has 1 atom stereocenters. The highest BCUT2D eigenvalue weighted by Crippen LogP contribution is 2.19. The zero-order valence-electron chi connectivity index (χ0n) is 13.7. The zero-order valence-corrected chi connectivity index (χ0v) is 14.5. The number of aliphatic carboxylic acids is 1. The molecule has 0 unspecified atom stereocenters. The van der Waals surface area contributed by atoms with Gasteiger partial charge >= 0.3 is 5.97 Å². The number of carboxylic acids is 1. The third-order valence-corrected chi connectivity index (χ3v) is 4.05. The molecular weight excluding hydrogens is 340 g/mol. The van der Waals surface area contributed by atoms with Gasteiger partial charge in [-0.15, -0.1) is 0 Å². The van der Waals surface area contributed by atoms with Crippen molar-refractivity contribution in [3.05, 3.63) is 0 Å². The maximum absolute atomic E-state index is 11.7. The first-order valence-electron chi connectivity index (χ1n) is 7.29. The molecule has 0 spiro atoms. The van der Waals surface area contributed by atoms with Gasteiger partial charge in [-0.3, -0.25) is 14.4 Å². The molecule has 0 aliphatic carbocycles. The average molecular weight is 364 g/mol. The highest BCUT2D eigenvalue weighted by atomic mass is 32.2. The first-order chi connectivity index (χ1) is 11.1. The predicted octanol–water partition coefficient (Wildman–Crippen LogP) is -1.62. The molecule has 9 nitrogen and oxygen atoms in total. The minimum absolute atomic E-state index is 0.0107. The summed E-state index contributed by atoms with van der Waals surface area (Å²) in [4.78, 5) is 44.3. The fraction of sp³-hybridized carbons (Fsp3) is 0.714. The van der Waals surface area contributed by atoms with Crippen LogP contribution < -0.4 is 10.6 Å². The van der Waals surface area contributed by atoms with Gasteiger partial charge in [-0.25, -0.2) is 4.79 Å². The van der Waals surface area contributed by atoms with E-state index in [4.69, 9.17) is 10.2 Å². The van der Waals surface area contributed by atoms with E-state index < -0.39 is 29.2 Å². The molecule has 0 aromatic heterocycles. The topological polar surface area (TPSA) is 153 Å². The molecule has 0 heterocycles. The van der Waals surface area contributed by atoms with Crippen LogP contribution in [-0.2, 0) is 19.2 Å². The molecule has 0 bridgehead atoms. The van der Waals surface area contributed by atoms with Crippen LogP contribution in [0.3, 0.4) is 0 Å². The van der Waals surface area contributed by atoms with E-state index in [1.165, 1.54) is 13.8 Å². The van der Waals surface area contributed by atoms with Gasteiger partial charge in [-0.1, -0.05) is 13.8 Å². The highest BCUT2D eigenvalue weighted by molar-refractivity contribution is 8.00. The number of rotatable bonds is 12. The second-order valence-corrected chi connectivity index (χ2v) is 6.83. The van der Waals surface area contributed by atoms with E-state index >= 15 is 0 Å². The predicted molar refractivity (Wildman–Crippen MR) is 87.5 cm³/mol. The van der Waals surface area contributed by atoms with Gasteiger partial charge in [0.15, 0.2) is 0 Å². The van der Waals surface area contributed by atoms with Crippen molar-refractivity contribution in [3.8, 4) is 0 Å². The Morgan fingerprint density at radius 1 is 1.12 bits per heavy atom. The van der Waals surface area contributed by atoms with Crippen LogP contribution >= 0.6 is 11.8 Å². The number of thioether (sulfide) groups is 1. The smallest absolute Gasteiger partial charge is 0.373 e. The zero-order chi connectivity index (χ0) is 18.8. The molecule has 0 aromatic rings. The number of carbonyl (C=O) groups excluding carboxylic acids is 3. The van der Waals surface area contributed by atoms with Crippen LogP contribution in [0.5, 0.6) is 0 Å². The lowest BCUT2D eigenvalue weighted by Gasteiger charge is -2.27. The lowest BCUT2D eigenvalue weighted by Crippen LogP contribution is -2.46. The van der Waals surface area contributed by atoms with Crippen LogP contribution in [0.4, 0.5) is 0 Å². The van der Waals surface area contributed by atoms with E-state index in [2.05, 4.69) is 10.6 Å². The molecule has 0 aromatic carbocycles. The lowest BCUT2D eigenvalue weighted by atomic mass is 9.87. The van der Waals surface area contributed by atoms with E-state index in [-0.39, 0.29) is 37.8 Å². The molecular formula is C14H24N2O7S. The minimum atomic E-state index is -1.48. The minimum Gasteiger partial charge on any atom is -0.475 e. The molecule has 5 N–H and O–H groups in total. The summed E-state index contributed by atoms with van der Waals surface area (Å²) < 4.78 is 0. The van der Waals surface area contributed by atoms with Gasteiger partial charge in [0.05, 0.1) is 12.4 Å². The monoisotopic (exact) mass is 364 g/mol. The number of aliphatic hydroxyl groups excluding tert-OH is 2. The summed E-state index contributed by atoms with van der Waals surface area (Å²) in [6.07, 6.45) is -1.37. The largest absolute Gasteiger partial charge is 0.475 e. The molecule has 0 rings (SSSR count). The first-order valence-corrected chi connectivity index (χ1v) is 8.44. The van der Waals surface area contributed by atoms with E-state index in [0.717, 1.165) is 11.8 Å². The van der Waals surface area contributed by atoms with Crippen LogP contribution in [0.2, 0.25) is 0 Å². The van der Waals surface area contributed by atoms with Crippen molar-refractivity contribution in [2.75, 3.05) is 31.2 Å². The molecule has 0 aliphatic rings. The second-order valence-electron chi connectivity index (χ2n) is 5.72. The summed E-state index contributed by atoms with van der Waals surface area (Å²) in [6, 6.07) is 0. The summed E-state index contributed by atoms with van der Waals surface area (Å²) in [5.41, 5.74) is -0.975. The number of Topliss-reactive ketones (excluding diaryl/α,β-unsaturated/α-hetero) is 1. The van der Waals surface area contributed by atoms with Crippen molar-refractivity contribution in [1.29, 1.82) is 0 Å². The molecule has 0 fully saturated rings. The summed E-state index contributed by atoms with van der Waals surface area (Å²) >= 11 is 1.10. The number of ketones is 1. The standard InChI is InChI=1S/C14H24N2O7S/c1-14(2,8-17)11(20)12(21)16-4-3-10(19)15-5-6-24-7-9(18)13(22)23/h11,17,20H,3-8H2,1-2H3,(H,15,19)(H,16,21)(H,22,23)/t11-/m0/s1. The Morgan fingerprint density at radius 2 is 1.75 bits per heavy atom. The van der Waals surface area contributed by atoms with Crippen LogP contribution in [0.25, 0.3) is 0 Å². The van der Waals surface area contributed by atoms with Gasteiger partial charge in [0.25, 0.3) is 0 Å². The molecule has 0 saturated heterocycles. The second kappa shape index (κ2) is 11.0. The molecule has 0 saturated carbocycles. The van der Waals surface area contributed by atoms with Gasteiger partial charge < -0.3 is 26.0 Å². The van der Waals surface area contributed by atoms with Crippen molar-refractivity contribution < 1.29 is 34.5 Å². The van der Waals surface area contributed by atoms with Crippen LogP contribution in [0.15, 0.2) is 0 Å². The van der Waals surface area contributed by atoms with Crippen LogP contribution in [0, 0.1) is 5.41 Å². The number of hydrogen-bond acceptors (Lipinski definition) is 7. The Balaban J connectivity index is 3.82. The molecule has 24 heavy (non-hydrogen) atoms. The van der Waals surface area contributed by atoms with E-state index in [0.29, 0.717) is 5.75 Å². The van der Waals surface area contributed by atoms with Gasteiger partial charge in [0.1, 0.15) is 6.10 Å². The normalized spacial score (nSPS) is 12.3. The summed E-state index contributed by atoms with van der Waals surface area (Å²) in [6.45, 7) is 3.02. The van der Waals surface area contributed by atoms with Gasteiger partial charge in [0, 0.05) is 30.7 Å².